The zero-order chi connectivity index (χ0) is 18.6. The summed E-state index contributed by atoms with van der Waals surface area (Å²) in [6.07, 6.45) is 0. The number of sulfonamides is 1. The van der Waals surface area contributed by atoms with Gasteiger partial charge in [0.25, 0.3) is 0 Å². The highest BCUT2D eigenvalue weighted by Crippen LogP contribution is 2.24. The van der Waals surface area contributed by atoms with E-state index in [9.17, 15) is 13.2 Å². The molecule has 1 N–H and O–H groups in total. The van der Waals surface area contributed by atoms with Crippen molar-refractivity contribution in [2.24, 2.45) is 0 Å². The minimum Gasteiger partial charge on any atom is -0.496 e. The highest BCUT2D eigenvalue weighted by molar-refractivity contribution is 9.10. The summed E-state index contributed by atoms with van der Waals surface area (Å²) < 4.78 is 32.1. The Kier molecular flexibility index (Phi) is 6.21. The van der Waals surface area contributed by atoms with Gasteiger partial charge in [-0.25, -0.2) is 8.42 Å². The van der Waals surface area contributed by atoms with E-state index in [0.717, 1.165) is 8.78 Å². The van der Waals surface area contributed by atoms with Gasteiger partial charge in [0.15, 0.2) is 0 Å². The lowest BCUT2D eigenvalue weighted by atomic mass is 10.2. The number of para-hydroxylation sites is 1. The maximum Gasteiger partial charge on any atom is 0.243 e. The fraction of sp³-hybridized carbons (Fsp3) is 0.235. The first kappa shape index (κ1) is 19.4. The molecule has 1 amide bonds. The van der Waals surface area contributed by atoms with E-state index in [0.29, 0.717) is 17.0 Å². The van der Waals surface area contributed by atoms with Gasteiger partial charge in [-0.05, 0) is 58.7 Å². The Morgan fingerprint density at radius 3 is 2.52 bits per heavy atom. The van der Waals surface area contributed by atoms with Crippen molar-refractivity contribution < 1.29 is 17.9 Å². The quantitative estimate of drug-likeness (QED) is 0.769. The fourth-order valence-electron chi connectivity index (χ4n) is 2.23. The summed E-state index contributed by atoms with van der Waals surface area (Å²) >= 11 is 3.33. The van der Waals surface area contributed by atoms with Gasteiger partial charge in [-0.3, -0.25) is 4.79 Å². The Hall–Kier alpha value is -1.90. The highest BCUT2D eigenvalue weighted by atomic mass is 79.9. The molecular weight excluding hydrogens is 408 g/mol. The largest absolute Gasteiger partial charge is 0.496 e. The molecule has 0 heterocycles. The number of hydrogen-bond acceptors (Lipinski definition) is 4. The number of rotatable bonds is 6. The summed E-state index contributed by atoms with van der Waals surface area (Å²) in [7, 11) is -0.887. The van der Waals surface area contributed by atoms with E-state index in [1.54, 1.807) is 31.2 Å². The van der Waals surface area contributed by atoms with Crippen LogP contribution in [0.3, 0.4) is 0 Å². The molecule has 0 aliphatic rings. The third kappa shape index (κ3) is 4.59. The van der Waals surface area contributed by atoms with Crippen molar-refractivity contribution in [3.05, 3.63) is 52.5 Å². The van der Waals surface area contributed by atoms with Crippen LogP contribution in [0.5, 0.6) is 5.75 Å². The summed E-state index contributed by atoms with van der Waals surface area (Å²) in [5.41, 5.74) is 1.29. The van der Waals surface area contributed by atoms with Gasteiger partial charge < -0.3 is 10.1 Å². The third-order valence-corrected chi connectivity index (χ3v) is 6.08. The molecule has 0 saturated carbocycles. The van der Waals surface area contributed by atoms with Gasteiger partial charge in [-0.2, -0.15) is 4.31 Å². The average Bonchev–Trinajstić information content (AvgIpc) is 2.56. The number of nitrogens with zero attached hydrogens (tertiary/aromatic N) is 1. The zero-order valence-electron chi connectivity index (χ0n) is 14.1. The van der Waals surface area contributed by atoms with Crippen molar-refractivity contribution in [1.29, 1.82) is 0 Å². The molecule has 2 aromatic rings. The molecule has 0 bridgehead atoms. The molecule has 0 spiro atoms. The molecule has 0 radical (unpaired) electrons. The van der Waals surface area contributed by atoms with Crippen molar-refractivity contribution in [3.8, 4) is 5.75 Å². The van der Waals surface area contributed by atoms with Crippen molar-refractivity contribution in [2.45, 2.75) is 11.8 Å². The summed E-state index contributed by atoms with van der Waals surface area (Å²) in [5.74, 6) is 0.177. The lowest BCUT2D eigenvalue weighted by Crippen LogP contribution is -2.35. The van der Waals surface area contributed by atoms with Gasteiger partial charge in [0.1, 0.15) is 5.75 Å². The molecule has 0 unspecified atom stereocenters. The zero-order valence-corrected chi connectivity index (χ0v) is 16.5. The van der Waals surface area contributed by atoms with Crippen LogP contribution in [-0.2, 0) is 14.8 Å². The first-order valence-electron chi connectivity index (χ1n) is 7.41. The smallest absolute Gasteiger partial charge is 0.243 e. The Morgan fingerprint density at radius 1 is 1.24 bits per heavy atom. The number of carbonyl (C=O) groups excluding carboxylic acids is 1. The Labute approximate surface area is 156 Å². The number of anilines is 1. The lowest BCUT2D eigenvalue weighted by molar-refractivity contribution is -0.116. The van der Waals surface area contributed by atoms with Crippen LogP contribution in [0.4, 0.5) is 5.69 Å². The topological polar surface area (TPSA) is 75.7 Å². The maximum atomic E-state index is 12.6. The number of nitrogens with one attached hydrogen (secondary N) is 1. The van der Waals surface area contributed by atoms with E-state index in [2.05, 4.69) is 21.2 Å². The summed E-state index contributed by atoms with van der Waals surface area (Å²) in [4.78, 5) is 12.3. The number of amides is 1. The van der Waals surface area contributed by atoms with E-state index in [-0.39, 0.29) is 11.4 Å². The van der Waals surface area contributed by atoms with Gasteiger partial charge in [-0.15, -0.1) is 0 Å². The Bertz CT molecular complexity index is 884. The minimum absolute atomic E-state index is 0.113. The second-order valence-electron chi connectivity index (χ2n) is 5.42. The molecule has 0 atom stereocenters. The van der Waals surface area contributed by atoms with Crippen LogP contribution in [0.1, 0.15) is 5.56 Å². The van der Waals surface area contributed by atoms with Crippen LogP contribution >= 0.6 is 15.9 Å². The third-order valence-electron chi connectivity index (χ3n) is 3.59. The maximum absolute atomic E-state index is 12.6. The molecule has 6 nitrogen and oxygen atoms in total. The van der Waals surface area contributed by atoms with Crippen molar-refractivity contribution in [2.75, 3.05) is 26.0 Å². The minimum atomic E-state index is -3.78. The molecular formula is C17H19BrN2O4S. The Morgan fingerprint density at radius 2 is 1.92 bits per heavy atom. The standard InChI is InChI=1S/C17H19BrN2O4S/c1-12-10-13(8-9-16(12)24-3)25(22,23)20(2)11-17(21)19-15-7-5-4-6-14(15)18/h4-10H,11H2,1-3H3,(H,19,21). The SMILES string of the molecule is COc1ccc(S(=O)(=O)N(C)CC(=O)Nc2ccccc2Br)cc1C. The normalized spacial score (nSPS) is 11.4. The van der Waals surface area contributed by atoms with Crippen molar-refractivity contribution >= 4 is 37.5 Å². The van der Waals surface area contributed by atoms with Crippen LogP contribution in [0, 0.1) is 6.92 Å². The van der Waals surface area contributed by atoms with Crippen LogP contribution in [0.2, 0.25) is 0 Å². The first-order chi connectivity index (χ1) is 11.8. The molecule has 8 heteroatoms. The molecule has 134 valence electrons. The number of hydrogen-bond donors (Lipinski definition) is 1. The molecule has 0 aliphatic carbocycles. The first-order valence-corrected chi connectivity index (χ1v) is 9.64. The van der Waals surface area contributed by atoms with Crippen LogP contribution < -0.4 is 10.1 Å². The monoisotopic (exact) mass is 426 g/mol. The van der Waals surface area contributed by atoms with Crippen molar-refractivity contribution in [1.82, 2.24) is 4.31 Å². The lowest BCUT2D eigenvalue weighted by Gasteiger charge is -2.18. The van der Waals surface area contributed by atoms with Gasteiger partial charge in [0.05, 0.1) is 24.2 Å². The predicted molar refractivity (Wildman–Crippen MR) is 100 cm³/mol. The molecule has 0 saturated heterocycles. The molecule has 0 aliphatic heterocycles. The van der Waals surface area contributed by atoms with Gasteiger partial charge >= 0.3 is 0 Å². The summed E-state index contributed by atoms with van der Waals surface area (Å²) in [5, 5.41) is 2.68. The van der Waals surface area contributed by atoms with Gasteiger partial charge in [0, 0.05) is 11.5 Å². The van der Waals surface area contributed by atoms with Crippen LogP contribution in [0.25, 0.3) is 0 Å². The van der Waals surface area contributed by atoms with E-state index < -0.39 is 15.9 Å². The second-order valence-corrected chi connectivity index (χ2v) is 8.32. The van der Waals surface area contributed by atoms with Gasteiger partial charge in [-0.1, -0.05) is 12.1 Å². The molecule has 0 aromatic heterocycles. The van der Waals surface area contributed by atoms with Gasteiger partial charge in [0.2, 0.25) is 15.9 Å². The number of methoxy groups -OCH3 is 1. The second kappa shape index (κ2) is 7.99. The number of carbonyl (C=O) groups is 1. The highest BCUT2D eigenvalue weighted by Gasteiger charge is 2.23. The molecule has 2 aromatic carbocycles. The number of likely N-dealkylation sites (N-methyl/N-ethyl adjacent to an activating group) is 1. The summed E-state index contributed by atoms with van der Waals surface area (Å²) in [6.45, 7) is 1.46. The Balaban J connectivity index is 2.13. The molecule has 0 fully saturated rings. The predicted octanol–water partition coefficient (Wildman–Crippen LogP) is 3.03. The van der Waals surface area contributed by atoms with Crippen LogP contribution in [0.15, 0.2) is 51.8 Å². The summed E-state index contributed by atoms with van der Waals surface area (Å²) in [6, 6.07) is 11.7. The fourth-order valence-corrected chi connectivity index (χ4v) is 3.83. The molecule has 25 heavy (non-hydrogen) atoms. The average molecular weight is 427 g/mol. The van der Waals surface area contributed by atoms with Crippen LogP contribution in [-0.4, -0.2) is 39.3 Å². The number of halogens is 1. The number of benzene rings is 2. The van der Waals surface area contributed by atoms with E-state index >= 15 is 0 Å². The van der Waals surface area contributed by atoms with E-state index in [4.69, 9.17) is 4.74 Å². The van der Waals surface area contributed by atoms with E-state index in [1.165, 1.54) is 26.3 Å². The van der Waals surface area contributed by atoms with Crippen molar-refractivity contribution in [3.63, 3.8) is 0 Å². The molecule has 2 rings (SSSR count). The number of aryl methyl sites for hydroxylation is 1. The number of ether oxygens (including phenoxy) is 1. The van der Waals surface area contributed by atoms with E-state index in [1.807, 2.05) is 6.07 Å².